The van der Waals surface area contributed by atoms with E-state index in [1.165, 1.54) is 10.5 Å². The highest BCUT2D eigenvalue weighted by Gasteiger charge is 2.48. The Balaban J connectivity index is 0.000000236. The molecule has 2 aromatic rings. The van der Waals surface area contributed by atoms with Crippen molar-refractivity contribution in [1.29, 1.82) is 0 Å². The lowest BCUT2D eigenvalue weighted by Gasteiger charge is -2.27. The van der Waals surface area contributed by atoms with E-state index >= 15 is 0 Å². The molecule has 4 heterocycles. The first-order valence-corrected chi connectivity index (χ1v) is 9.12. The van der Waals surface area contributed by atoms with E-state index in [9.17, 15) is 17.8 Å². The molecular formula is C14H17N5O6S. The van der Waals surface area contributed by atoms with Crippen LogP contribution in [0.5, 0.6) is 0 Å². The van der Waals surface area contributed by atoms with Crippen LogP contribution in [0.2, 0.25) is 0 Å². The average Bonchev–Trinajstić information content (AvgIpc) is 3.20. The number of pyridine rings is 1. The summed E-state index contributed by atoms with van der Waals surface area (Å²) in [7, 11) is -4.97. The maximum absolute atomic E-state index is 12.0. The summed E-state index contributed by atoms with van der Waals surface area (Å²) < 4.78 is 41.0. The number of aromatic nitrogens is 3. The van der Waals surface area contributed by atoms with E-state index in [-0.39, 0.29) is 12.4 Å². The zero-order chi connectivity index (χ0) is 18.7. The zero-order valence-electron chi connectivity index (χ0n) is 13.8. The second kappa shape index (κ2) is 7.35. The molecular weight excluding hydrogens is 366 g/mol. The van der Waals surface area contributed by atoms with E-state index in [2.05, 4.69) is 32.5 Å². The number of nitrogens with zero attached hydrogens (tertiary/aromatic N) is 4. The van der Waals surface area contributed by atoms with Crippen molar-refractivity contribution < 1.29 is 31.5 Å². The topological polar surface area (TPSA) is 143 Å². The molecule has 26 heavy (non-hydrogen) atoms. The zero-order valence-corrected chi connectivity index (χ0v) is 14.6. The first kappa shape index (κ1) is 18.2. The first-order chi connectivity index (χ1) is 12.3. The number of fused-ring (bicyclic) bond motifs is 2. The predicted octanol–water partition coefficient (Wildman–Crippen LogP) is 0.212. The van der Waals surface area contributed by atoms with Crippen molar-refractivity contribution in [2.45, 2.75) is 31.8 Å². The van der Waals surface area contributed by atoms with E-state index in [1.54, 1.807) is 0 Å². The van der Waals surface area contributed by atoms with Crippen LogP contribution < -0.4 is 4.98 Å². The molecule has 2 saturated heterocycles. The van der Waals surface area contributed by atoms with Gasteiger partial charge in [0, 0.05) is 18.2 Å². The molecule has 0 radical (unpaired) electrons. The number of amides is 2. The molecule has 140 valence electrons. The minimum absolute atomic E-state index is 0.251. The Morgan fingerprint density at radius 1 is 1.42 bits per heavy atom. The van der Waals surface area contributed by atoms with Crippen molar-refractivity contribution >= 4 is 16.4 Å². The van der Waals surface area contributed by atoms with Crippen LogP contribution in [-0.4, -0.2) is 51.7 Å². The molecule has 2 amide bonds. The van der Waals surface area contributed by atoms with Crippen LogP contribution in [-0.2, 0) is 14.7 Å². The van der Waals surface area contributed by atoms with E-state index in [0.717, 1.165) is 6.39 Å². The van der Waals surface area contributed by atoms with E-state index in [0.29, 0.717) is 17.9 Å². The van der Waals surface area contributed by atoms with Crippen molar-refractivity contribution in [3.63, 3.8) is 0 Å². The van der Waals surface area contributed by atoms with Gasteiger partial charge in [0.15, 0.2) is 12.4 Å². The molecule has 2 atom stereocenters. The molecule has 0 unspecified atom stereocenters. The summed E-state index contributed by atoms with van der Waals surface area (Å²) in [5.41, 5.74) is 1.27. The van der Waals surface area contributed by atoms with Crippen LogP contribution in [0.15, 0.2) is 35.3 Å². The van der Waals surface area contributed by atoms with Gasteiger partial charge in [-0.05, 0) is 25.8 Å². The Bertz CT molecular complexity index is 844. The quantitative estimate of drug-likeness (QED) is 0.540. The maximum Gasteiger partial charge on any atom is 0.346 e. The number of piperidine rings is 1. The van der Waals surface area contributed by atoms with Gasteiger partial charge in [0.2, 0.25) is 22.7 Å². The van der Waals surface area contributed by atoms with E-state index in [1.807, 2.05) is 18.5 Å². The highest BCUT2D eigenvalue weighted by molar-refractivity contribution is 7.80. The predicted molar refractivity (Wildman–Crippen MR) is 82.5 cm³/mol. The lowest BCUT2D eigenvalue weighted by atomic mass is 10.0. The average molecular weight is 383 g/mol. The third-order valence-electron chi connectivity index (χ3n) is 4.02. The lowest BCUT2D eigenvalue weighted by Crippen LogP contribution is -2.35. The summed E-state index contributed by atoms with van der Waals surface area (Å²) in [4.78, 5) is 16.3. The lowest BCUT2D eigenvalue weighted by molar-refractivity contribution is -0.378. The molecule has 11 nitrogen and oxygen atoms in total. The van der Waals surface area contributed by atoms with Gasteiger partial charge in [-0.1, -0.05) is 0 Å². The summed E-state index contributed by atoms with van der Waals surface area (Å²) in [5.74, 6) is 0.277. The fourth-order valence-corrected chi connectivity index (χ4v) is 3.28. The van der Waals surface area contributed by atoms with Gasteiger partial charge in [0.25, 0.3) is 0 Å². The monoisotopic (exact) mass is 383 g/mol. The number of aromatic amines is 1. The first-order valence-electron chi connectivity index (χ1n) is 7.79. The number of H-pyrrole nitrogens is 1. The fraction of sp³-hybridized carbons (Fsp3) is 0.429. The molecule has 12 heteroatoms. The molecule has 2 aliphatic heterocycles. The number of hydroxylamine groups is 2. The molecule has 2 aromatic heterocycles. The standard InChI is InChI=1S/C8H10N4O6S.C6H7N/c13-8-11-3-5(12(8)18-19(14,15)16)1-2-6(11)7-10-9-4-17-7;1-6-3-2-4-7-5-6/h4-6H,1-3H2,(H,14,15,16);2-5H,1H3/t5-,6+;/m1./s1. The number of aryl methyl sites for hydroxylation is 1. The van der Waals surface area contributed by atoms with E-state index < -0.39 is 28.5 Å². The summed E-state index contributed by atoms with van der Waals surface area (Å²) in [6.07, 6.45) is 6.01. The summed E-state index contributed by atoms with van der Waals surface area (Å²) in [5, 5.41) is 7.89. The number of carbonyl (C=O) groups excluding carboxylic acids is 1. The molecule has 2 bridgehead atoms. The SMILES string of the molecule is Cc1ccc[nH+]c1.O=C1N2C[C@@H](CC[C@H]2c2nnco2)N1OS(=O)(=O)[O-]. The van der Waals surface area contributed by atoms with Crippen molar-refractivity contribution in [1.82, 2.24) is 20.2 Å². The normalized spacial score (nSPS) is 22.2. The third kappa shape index (κ3) is 4.15. The Kier molecular flexibility index (Phi) is 5.15. The number of hydrogen-bond donors (Lipinski definition) is 0. The second-order valence-electron chi connectivity index (χ2n) is 5.85. The fourth-order valence-electron chi connectivity index (χ4n) is 2.90. The van der Waals surface area contributed by atoms with Gasteiger partial charge in [-0.15, -0.1) is 10.2 Å². The molecule has 1 N–H and O–H groups in total. The Morgan fingerprint density at radius 3 is 2.77 bits per heavy atom. The Labute approximate surface area is 149 Å². The highest BCUT2D eigenvalue weighted by Crippen LogP contribution is 2.37. The third-order valence-corrected chi connectivity index (χ3v) is 4.36. The molecule has 0 spiro atoms. The largest absolute Gasteiger partial charge is 0.724 e. The molecule has 2 fully saturated rings. The van der Waals surface area contributed by atoms with Crippen molar-refractivity contribution in [2.75, 3.05) is 6.54 Å². The van der Waals surface area contributed by atoms with Gasteiger partial charge in [0.1, 0.15) is 6.04 Å². The van der Waals surface area contributed by atoms with Crippen LogP contribution in [0.4, 0.5) is 4.79 Å². The van der Waals surface area contributed by atoms with Crippen LogP contribution >= 0.6 is 0 Å². The minimum Gasteiger partial charge on any atom is -0.724 e. The molecule has 0 saturated carbocycles. The number of carbonyl (C=O) groups is 1. The number of hydrogen-bond acceptors (Lipinski definition) is 8. The summed E-state index contributed by atoms with van der Waals surface area (Å²) >= 11 is 0. The number of urea groups is 1. The van der Waals surface area contributed by atoms with Crippen LogP contribution in [0.3, 0.4) is 0 Å². The number of rotatable bonds is 3. The van der Waals surface area contributed by atoms with Crippen LogP contribution in [0, 0.1) is 6.92 Å². The van der Waals surface area contributed by atoms with Gasteiger partial charge in [-0.3, -0.25) is 0 Å². The molecule has 4 rings (SSSR count). The Morgan fingerprint density at radius 2 is 2.23 bits per heavy atom. The van der Waals surface area contributed by atoms with Gasteiger partial charge < -0.3 is 13.9 Å². The van der Waals surface area contributed by atoms with Crippen molar-refractivity contribution in [2.24, 2.45) is 0 Å². The summed E-state index contributed by atoms with van der Waals surface area (Å²) in [6, 6.07) is 2.46. The Hall–Kier alpha value is -2.57. The summed E-state index contributed by atoms with van der Waals surface area (Å²) in [6.45, 7) is 2.30. The maximum atomic E-state index is 12.0. The molecule has 0 aromatic carbocycles. The van der Waals surface area contributed by atoms with Crippen LogP contribution in [0.1, 0.15) is 30.3 Å². The van der Waals surface area contributed by atoms with Gasteiger partial charge in [-0.2, -0.15) is 9.35 Å². The van der Waals surface area contributed by atoms with Gasteiger partial charge in [0.05, 0.1) is 6.04 Å². The van der Waals surface area contributed by atoms with Gasteiger partial charge in [-0.25, -0.2) is 18.2 Å². The van der Waals surface area contributed by atoms with Crippen molar-refractivity contribution in [3.05, 3.63) is 42.4 Å². The molecule has 2 aliphatic rings. The number of nitrogens with one attached hydrogen (secondary N) is 1. The van der Waals surface area contributed by atoms with Gasteiger partial charge >= 0.3 is 6.03 Å². The van der Waals surface area contributed by atoms with Crippen LogP contribution in [0.25, 0.3) is 0 Å². The second-order valence-corrected chi connectivity index (χ2v) is 6.81. The van der Waals surface area contributed by atoms with Crippen molar-refractivity contribution in [3.8, 4) is 0 Å². The molecule has 0 aliphatic carbocycles. The van der Waals surface area contributed by atoms with E-state index in [4.69, 9.17) is 4.42 Å². The highest BCUT2D eigenvalue weighted by atomic mass is 32.3. The smallest absolute Gasteiger partial charge is 0.346 e. The minimum atomic E-state index is -4.97.